The lowest BCUT2D eigenvalue weighted by molar-refractivity contribution is 0.0939. The molecule has 8 heteroatoms. The molecule has 0 radical (unpaired) electrons. The van der Waals surface area contributed by atoms with Crippen molar-refractivity contribution in [2.45, 2.75) is 26.8 Å². The number of rotatable bonds is 6. The van der Waals surface area contributed by atoms with E-state index in [1.165, 1.54) is 12.4 Å². The van der Waals surface area contributed by atoms with Crippen molar-refractivity contribution in [2.75, 3.05) is 11.9 Å². The third-order valence-corrected chi connectivity index (χ3v) is 3.98. The Morgan fingerprint density at radius 2 is 1.96 bits per heavy atom. The number of nitrogens with one attached hydrogen (secondary N) is 2. The lowest BCUT2D eigenvalue weighted by Crippen LogP contribution is -2.27. The van der Waals surface area contributed by atoms with Crippen molar-refractivity contribution in [3.05, 3.63) is 59.8 Å². The summed E-state index contributed by atoms with van der Waals surface area (Å²) in [5.74, 6) is 1.01. The summed E-state index contributed by atoms with van der Waals surface area (Å²) >= 11 is 0. The van der Waals surface area contributed by atoms with Crippen LogP contribution in [-0.4, -0.2) is 37.2 Å². The fraction of sp³-hybridized carbons (Fsp3) is 0.278. The van der Waals surface area contributed by atoms with Crippen molar-refractivity contribution < 1.29 is 4.79 Å². The average molecular weight is 351 g/mol. The summed E-state index contributed by atoms with van der Waals surface area (Å²) in [6.45, 7) is 6.55. The number of nitrogens with zero attached hydrogens (tertiary/aromatic N) is 5. The van der Waals surface area contributed by atoms with Gasteiger partial charge in [-0.2, -0.15) is 5.10 Å². The van der Waals surface area contributed by atoms with Crippen LogP contribution in [0.15, 0.2) is 43.0 Å². The first-order chi connectivity index (χ1) is 12.6. The fourth-order valence-electron chi connectivity index (χ4n) is 2.61. The van der Waals surface area contributed by atoms with E-state index in [-0.39, 0.29) is 11.9 Å². The van der Waals surface area contributed by atoms with E-state index in [0.29, 0.717) is 11.5 Å². The van der Waals surface area contributed by atoms with Gasteiger partial charge in [-0.05, 0) is 32.9 Å². The zero-order chi connectivity index (χ0) is 18.5. The fourth-order valence-corrected chi connectivity index (χ4v) is 2.61. The van der Waals surface area contributed by atoms with Gasteiger partial charge in [0.2, 0.25) is 5.95 Å². The van der Waals surface area contributed by atoms with Gasteiger partial charge in [0.05, 0.1) is 17.8 Å². The van der Waals surface area contributed by atoms with E-state index >= 15 is 0 Å². The minimum absolute atomic E-state index is 0.214. The molecule has 134 valence electrons. The monoisotopic (exact) mass is 351 g/mol. The van der Waals surface area contributed by atoms with Crippen molar-refractivity contribution >= 4 is 11.9 Å². The zero-order valence-electron chi connectivity index (χ0n) is 15.0. The molecule has 0 bridgehead atoms. The lowest BCUT2D eigenvalue weighted by atomic mass is 10.1. The highest BCUT2D eigenvalue weighted by Gasteiger charge is 2.18. The van der Waals surface area contributed by atoms with Crippen LogP contribution in [0.1, 0.15) is 41.5 Å². The Morgan fingerprint density at radius 3 is 2.62 bits per heavy atom. The second kappa shape index (κ2) is 7.73. The van der Waals surface area contributed by atoms with Crippen LogP contribution >= 0.6 is 0 Å². The Balaban J connectivity index is 1.73. The number of carbonyl (C=O) groups is 1. The van der Waals surface area contributed by atoms with Gasteiger partial charge in [-0.15, -0.1) is 0 Å². The van der Waals surface area contributed by atoms with E-state index in [1.807, 2.05) is 39.0 Å². The molecule has 0 aliphatic rings. The number of hydrogen-bond donors (Lipinski definition) is 2. The van der Waals surface area contributed by atoms with Gasteiger partial charge in [0.1, 0.15) is 0 Å². The summed E-state index contributed by atoms with van der Waals surface area (Å²) in [6.07, 6.45) is 6.49. The highest BCUT2D eigenvalue weighted by Crippen LogP contribution is 2.19. The molecule has 3 rings (SSSR count). The first-order valence-electron chi connectivity index (χ1n) is 8.43. The van der Waals surface area contributed by atoms with Crippen LogP contribution in [0.25, 0.3) is 5.82 Å². The maximum Gasteiger partial charge on any atom is 0.254 e. The number of hydrogen-bond acceptors (Lipinski definition) is 6. The highest BCUT2D eigenvalue weighted by molar-refractivity contribution is 5.93. The number of pyridine rings is 1. The van der Waals surface area contributed by atoms with Crippen molar-refractivity contribution in [1.29, 1.82) is 0 Å². The van der Waals surface area contributed by atoms with Crippen molar-refractivity contribution in [3.63, 3.8) is 0 Å². The Morgan fingerprint density at radius 1 is 1.19 bits per heavy atom. The van der Waals surface area contributed by atoms with Crippen LogP contribution in [0.2, 0.25) is 0 Å². The number of aromatic nitrogens is 5. The summed E-state index contributed by atoms with van der Waals surface area (Å²) in [6, 6.07) is 5.44. The molecule has 3 aromatic heterocycles. The zero-order valence-corrected chi connectivity index (χ0v) is 15.0. The summed E-state index contributed by atoms with van der Waals surface area (Å²) < 4.78 is 1.76. The SMILES string of the molecule is CCNc1ncc(C(=O)N[C@@H](C)c2cnn(-c3ccccn3)c2C)cn1. The number of carbonyl (C=O) groups excluding carboxylic acids is 1. The smallest absolute Gasteiger partial charge is 0.254 e. The van der Waals surface area contributed by atoms with E-state index < -0.39 is 0 Å². The molecule has 26 heavy (non-hydrogen) atoms. The molecule has 0 saturated carbocycles. The summed E-state index contributed by atoms with van der Waals surface area (Å²) in [7, 11) is 0. The molecular formula is C18H21N7O. The summed E-state index contributed by atoms with van der Waals surface area (Å²) in [5.41, 5.74) is 2.26. The van der Waals surface area contributed by atoms with Crippen LogP contribution < -0.4 is 10.6 Å². The van der Waals surface area contributed by atoms with Crippen LogP contribution in [0.3, 0.4) is 0 Å². The Labute approximate surface area is 151 Å². The quantitative estimate of drug-likeness (QED) is 0.707. The van der Waals surface area contributed by atoms with Crippen molar-refractivity contribution in [1.82, 2.24) is 30.0 Å². The molecule has 0 aliphatic heterocycles. The predicted octanol–water partition coefficient (Wildman–Crippen LogP) is 2.29. The van der Waals surface area contributed by atoms with Crippen LogP contribution in [0.5, 0.6) is 0 Å². The molecule has 0 spiro atoms. The number of amides is 1. The van der Waals surface area contributed by atoms with E-state index in [0.717, 1.165) is 23.6 Å². The van der Waals surface area contributed by atoms with Gasteiger partial charge in [0.25, 0.3) is 5.91 Å². The third-order valence-electron chi connectivity index (χ3n) is 3.98. The molecule has 8 nitrogen and oxygen atoms in total. The van der Waals surface area contributed by atoms with E-state index in [4.69, 9.17) is 0 Å². The second-order valence-electron chi connectivity index (χ2n) is 5.81. The number of anilines is 1. The molecule has 2 N–H and O–H groups in total. The molecular weight excluding hydrogens is 330 g/mol. The standard InChI is InChI=1S/C18H21N7O/c1-4-19-18-21-9-14(10-22-18)17(26)24-12(2)15-11-23-25(13(15)3)16-7-5-6-8-20-16/h5-12H,4H2,1-3H3,(H,24,26)(H,19,21,22)/t12-/m0/s1. The molecule has 1 atom stereocenters. The molecule has 1 amide bonds. The maximum absolute atomic E-state index is 12.4. The molecule has 0 saturated heterocycles. The van der Waals surface area contributed by atoms with Crippen LogP contribution in [-0.2, 0) is 0 Å². The molecule has 0 aliphatic carbocycles. The lowest BCUT2D eigenvalue weighted by Gasteiger charge is -2.14. The minimum Gasteiger partial charge on any atom is -0.355 e. The Hall–Kier alpha value is -3.29. The van der Waals surface area contributed by atoms with Crippen molar-refractivity contribution in [3.8, 4) is 5.82 Å². The predicted molar refractivity (Wildman–Crippen MR) is 98.2 cm³/mol. The summed E-state index contributed by atoms with van der Waals surface area (Å²) in [4.78, 5) is 25.0. The van der Waals surface area contributed by atoms with Gasteiger partial charge in [-0.3, -0.25) is 4.79 Å². The second-order valence-corrected chi connectivity index (χ2v) is 5.81. The molecule has 0 fully saturated rings. The topological polar surface area (TPSA) is 97.6 Å². The first kappa shape index (κ1) is 17.5. The third kappa shape index (κ3) is 3.69. The van der Waals surface area contributed by atoms with Gasteiger partial charge in [-0.1, -0.05) is 6.07 Å². The summed E-state index contributed by atoms with van der Waals surface area (Å²) in [5, 5.41) is 10.3. The Kier molecular flexibility index (Phi) is 5.21. The van der Waals surface area contributed by atoms with E-state index in [2.05, 4.69) is 30.7 Å². The van der Waals surface area contributed by atoms with Crippen LogP contribution in [0, 0.1) is 6.92 Å². The molecule has 3 aromatic rings. The van der Waals surface area contributed by atoms with E-state index in [1.54, 1.807) is 17.1 Å². The van der Waals surface area contributed by atoms with Gasteiger partial charge < -0.3 is 10.6 Å². The minimum atomic E-state index is -0.231. The maximum atomic E-state index is 12.4. The largest absolute Gasteiger partial charge is 0.355 e. The average Bonchev–Trinajstić information content (AvgIpc) is 3.05. The van der Waals surface area contributed by atoms with Crippen molar-refractivity contribution in [2.24, 2.45) is 0 Å². The van der Waals surface area contributed by atoms with Gasteiger partial charge in [0.15, 0.2) is 5.82 Å². The normalized spacial score (nSPS) is 11.8. The van der Waals surface area contributed by atoms with Gasteiger partial charge >= 0.3 is 0 Å². The van der Waals surface area contributed by atoms with E-state index in [9.17, 15) is 4.79 Å². The molecule has 0 aromatic carbocycles. The first-order valence-corrected chi connectivity index (χ1v) is 8.43. The highest BCUT2D eigenvalue weighted by atomic mass is 16.1. The van der Waals surface area contributed by atoms with Crippen LogP contribution in [0.4, 0.5) is 5.95 Å². The van der Waals surface area contributed by atoms with Gasteiger partial charge in [0, 0.05) is 36.4 Å². The molecule has 0 unspecified atom stereocenters. The molecule has 3 heterocycles. The Bertz CT molecular complexity index is 874. The van der Waals surface area contributed by atoms with Gasteiger partial charge in [-0.25, -0.2) is 19.6 Å².